The first-order chi connectivity index (χ1) is 18.2. The molecule has 1 heterocycles. The van der Waals surface area contributed by atoms with Crippen LogP contribution in [-0.4, -0.2) is 49.4 Å². The van der Waals surface area contributed by atoms with E-state index in [0.717, 1.165) is 19.3 Å². The van der Waals surface area contributed by atoms with Gasteiger partial charge >= 0.3 is 0 Å². The number of Topliss-reactive ketones (excluding diaryl/α,β-unsaturated/α-hetero) is 1. The van der Waals surface area contributed by atoms with Gasteiger partial charge in [0.25, 0.3) is 5.91 Å². The number of rotatable bonds is 16. The highest BCUT2D eigenvalue weighted by Gasteiger charge is 2.26. The van der Waals surface area contributed by atoms with E-state index in [-0.39, 0.29) is 48.4 Å². The Labute approximate surface area is 226 Å². The first-order valence-electron chi connectivity index (χ1n) is 13.2. The second kappa shape index (κ2) is 15.9. The summed E-state index contributed by atoms with van der Waals surface area (Å²) in [4.78, 5) is 39.9. The Balaban J connectivity index is 2.41. The highest BCUT2D eigenvalue weighted by Crippen LogP contribution is 2.21. The number of hydrogen-bond donors (Lipinski definition) is 1. The first kappa shape index (κ1) is 31.0. The Bertz CT molecular complexity index is 1150. The number of carbonyl (C=O) groups excluding carboxylic acids is 2. The SMILES string of the molecule is C/C=C/COc1c(C(=O)CCCCc2cccc(CC)c2)n(CC(OC)OC)cc(C(=O)NC(C)C)c1=O. The van der Waals surface area contributed by atoms with Gasteiger partial charge in [-0.05, 0) is 57.6 Å². The van der Waals surface area contributed by atoms with Gasteiger partial charge in [0.1, 0.15) is 17.9 Å². The van der Waals surface area contributed by atoms with Crippen LogP contribution in [0.2, 0.25) is 0 Å². The van der Waals surface area contributed by atoms with Crippen molar-refractivity contribution in [2.24, 2.45) is 0 Å². The minimum Gasteiger partial charge on any atom is -0.483 e. The number of unbranched alkanes of at least 4 members (excludes halogenated alkanes) is 1. The molecule has 0 fully saturated rings. The highest BCUT2D eigenvalue weighted by atomic mass is 16.7. The first-order valence-corrected chi connectivity index (χ1v) is 13.2. The summed E-state index contributed by atoms with van der Waals surface area (Å²) in [6, 6.07) is 8.30. The van der Waals surface area contributed by atoms with Gasteiger partial charge in [0.15, 0.2) is 17.8 Å². The molecule has 0 unspecified atom stereocenters. The van der Waals surface area contributed by atoms with E-state index in [1.54, 1.807) is 16.7 Å². The third-order valence-corrected chi connectivity index (χ3v) is 6.12. The van der Waals surface area contributed by atoms with Crippen molar-refractivity contribution >= 4 is 11.7 Å². The molecule has 0 atom stereocenters. The zero-order chi connectivity index (χ0) is 28.1. The molecule has 0 aliphatic rings. The third-order valence-electron chi connectivity index (χ3n) is 6.12. The van der Waals surface area contributed by atoms with Crippen molar-refractivity contribution in [1.82, 2.24) is 9.88 Å². The lowest BCUT2D eigenvalue weighted by Crippen LogP contribution is -2.36. The van der Waals surface area contributed by atoms with Crippen LogP contribution < -0.4 is 15.5 Å². The lowest BCUT2D eigenvalue weighted by atomic mass is 10.0. The molecule has 38 heavy (non-hydrogen) atoms. The summed E-state index contributed by atoms with van der Waals surface area (Å²) in [5, 5.41) is 2.75. The lowest BCUT2D eigenvalue weighted by Gasteiger charge is -2.22. The number of allylic oxidation sites excluding steroid dienone is 1. The number of ether oxygens (including phenoxy) is 3. The maximum Gasteiger partial charge on any atom is 0.257 e. The number of amides is 1. The number of nitrogens with one attached hydrogen (secondary N) is 1. The molecule has 0 bridgehead atoms. The molecule has 1 aromatic carbocycles. The number of methoxy groups -OCH3 is 2. The van der Waals surface area contributed by atoms with E-state index in [1.165, 1.54) is 31.5 Å². The summed E-state index contributed by atoms with van der Waals surface area (Å²) in [5.74, 6) is -0.901. The summed E-state index contributed by atoms with van der Waals surface area (Å²) in [5.41, 5.74) is 1.93. The number of ketones is 1. The zero-order valence-electron chi connectivity index (χ0n) is 23.5. The van der Waals surface area contributed by atoms with E-state index in [9.17, 15) is 14.4 Å². The minimum atomic E-state index is -0.695. The Hall–Kier alpha value is -3.23. The molecule has 8 heteroatoms. The van der Waals surface area contributed by atoms with Gasteiger partial charge in [-0.2, -0.15) is 0 Å². The third kappa shape index (κ3) is 8.96. The van der Waals surface area contributed by atoms with Gasteiger partial charge in [0.05, 0.1) is 6.54 Å². The van der Waals surface area contributed by atoms with Crippen molar-refractivity contribution in [3.8, 4) is 5.75 Å². The van der Waals surface area contributed by atoms with Crippen molar-refractivity contribution in [2.45, 2.75) is 78.7 Å². The van der Waals surface area contributed by atoms with Gasteiger partial charge in [0.2, 0.25) is 5.43 Å². The summed E-state index contributed by atoms with van der Waals surface area (Å²) < 4.78 is 18.1. The highest BCUT2D eigenvalue weighted by molar-refractivity contribution is 5.99. The van der Waals surface area contributed by atoms with E-state index < -0.39 is 17.6 Å². The van der Waals surface area contributed by atoms with Crippen LogP contribution in [0.3, 0.4) is 0 Å². The standard InChI is InChI=1S/C30H42N2O6/c1-7-9-17-38-29-27(25(33)16-11-10-13-23-15-12-14-22(8-2)18-23)32(20-26(36-5)37-6)19-24(28(29)34)30(35)31-21(3)4/h7,9,12,14-15,18-19,21,26H,8,10-11,13,16-17,20H2,1-6H3,(H,31,35)/b9-7+. The molecule has 0 aliphatic heterocycles. The molecule has 2 aromatic rings. The fourth-order valence-corrected chi connectivity index (χ4v) is 4.08. The minimum absolute atomic E-state index is 0.0903. The largest absolute Gasteiger partial charge is 0.483 e. The van der Waals surface area contributed by atoms with E-state index in [1.807, 2.05) is 20.8 Å². The van der Waals surface area contributed by atoms with Crippen molar-refractivity contribution in [3.63, 3.8) is 0 Å². The number of pyridine rings is 1. The van der Waals surface area contributed by atoms with Gasteiger partial charge < -0.3 is 24.1 Å². The average molecular weight is 527 g/mol. The van der Waals surface area contributed by atoms with Crippen LogP contribution in [-0.2, 0) is 28.9 Å². The summed E-state index contributed by atoms with van der Waals surface area (Å²) >= 11 is 0. The molecule has 1 amide bonds. The van der Waals surface area contributed by atoms with Gasteiger partial charge in [0, 0.05) is 32.9 Å². The molecule has 0 radical (unpaired) electrons. The molecule has 1 N–H and O–H groups in total. The van der Waals surface area contributed by atoms with E-state index in [0.29, 0.717) is 6.42 Å². The zero-order valence-corrected chi connectivity index (χ0v) is 23.5. The topological polar surface area (TPSA) is 95.9 Å². The average Bonchev–Trinajstić information content (AvgIpc) is 2.90. The predicted octanol–water partition coefficient (Wildman–Crippen LogP) is 4.72. The number of aryl methyl sites for hydroxylation is 2. The molecule has 1 aromatic heterocycles. The van der Waals surface area contributed by atoms with Crippen molar-refractivity contribution in [1.29, 1.82) is 0 Å². The molecular weight excluding hydrogens is 484 g/mol. The fraction of sp³-hybridized carbons (Fsp3) is 0.500. The normalized spacial score (nSPS) is 11.5. The molecule has 2 rings (SSSR count). The monoisotopic (exact) mass is 526 g/mol. The second-order valence-corrected chi connectivity index (χ2v) is 9.41. The molecule has 0 aliphatic carbocycles. The maximum absolute atomic E-state index is 13.6. The molecule has 0 saturated heterocycles. The number of aromatic nitrogens is 1. The molecule has 0 saturated carbocycles. The van der Waals surface area contributed by atoms with E-state index in [2.05, 4.69) is 36.5 Å². The Morgan fingerprint density at radius 3 is 2.45 bits per heavy atom. The number of benzene rings is 1. The Morgan fingerprint density at radius 1 is 1.11 bits per heavy atom. The van der Waals surface area contributed by atoms with Crippen molar-refractivity contribution in [2.75, 3.05) is 20.8 Å². The predicted molar refractivity (Wildman–Crippen MR) is 149 cm³/mol. The van der Waals surface area contributed by atoms with Crippen LogP contribution >= 0.6 is 0 Å². The van der Waals surface area contributed by atoms with E-state index in [4.69, 9.17) is 14.2 Å². The van der Waals surface area contributed by atoms with Crippen LogP contribution in [0.25, 0.3) is 0 Å². The van der Waals surface area contributed by atoms with Crippen LogP contribution in [0.15, 0.2) is 47.4 Å². The van der Waals surface area contributed by atoms with Crippen LogP contribution in [0.4, 0.5) is 0 Å². The molecule has 8 nitrogen and oxygen atoms in total. The van der Waals surface area contributed by atoms with Crippen molar-refractivity contribution < 1.29 is 23.8 Å². The fourth-order valence-electron chi connectivity index (χ4n) is 4.08. The Kier molecular flexibility index (Phi) is 13.0. The number of nitrogens with zero attached hydrogens (tertiary/aromatic N) is 1. The number of carbonyl (C=O) groups is 2. The van der Waals surface area contributed by atoms with Crippen molar-refractivity contribution in [3.05, 3.63) is 75.2 Å². The van der Waals surface area contributed by atoms with Crippen LogP contribution in [0.1, 0.15) is 78.9 Å². The van der Waals surface area contributed by atoms with Crippen LogP contribution in [0, 0.1) is 0 Å². The lowest BCUT2D eigenvalue weighted by molar-refractivity contribution is -0.111. The Morgan fingerprint density at radius 2 is 1.82 bits per heavy atom. The molecular formula is C30H42N2O6. The van der Waals surface area contributed by atoms with Gasteiger partial charge in [-0.1, -0.05) is 43.3 Å². The maximum atomic E-state index is 13.6. The second-order valence-electron chi connectivity index (χ2n) is 9.41. The molecule has 0 spiro atoms. The molecule has 208 valence electrons. The van der Waals surface area contributed by atoms with Gasteiger partial charge in [-0.3, -0.25) is 14.4 Å². The summed E-state index contributed by atoms with van der Waals surface area (Å²) in [6.07, 6.45) is 7.77. The quantitative estimate of drug-likeness (QED) is 0.147. The van der Waals surface area contributed by atoms with Gasteiger partial charge in [-0.15, -0.1) is 0 Å². The summed E-state index contributed by atoms with van der Waals surface area (Å²) in [6.45, 7) is 7.76. The van der Waals surface area contributed by atoms with Crippen LogP contribution in [0.5, 0.6) is 5.75 Å². The summed E-state index contributed by atoms with van der Waals surface area (Å²) in [7, 11) is 2.98. The van der Waals surface area contributed by atoms with E-state index >= 15 is 0 Å². The van der Waals surface area contributed by atoms with Gasteiger partial charge in [-0.25, -0.2) is 0 Å². The number of hydrogen-bond acceptors (Lipinski definition) is 6. The smallest absolute Gasteiger partial charge is 0.257 e.